The second-order valence-corrected chi connectivity index (χ2v) is 4.00. The average molecular weight is 219 g/mol. The first kappa shape index (κ1) is 10.6. The molecule has 0 amide bonds. The molecule has 0 N–H and O–H groups in total. The van der Waals surface area contributed by atoms with Gasteiger partial charge in [0.1, 0.15) is 0 Å². The molecule has 2 rings (SSSR count). The molecule has 0 aliphatic carbocycles. The van der Waals surface area contributed by atoms with Crippen LogP contribution in [0, 0.1) is 0 Å². The van der Waals surface area contributed by atoms with Crippen molar-refractivity contribution in [2.75, 3.05) is 0 Å². The van der Waals surface area contributed by atoms with Crippen molar-refractivity contribution in [2.24, 2.45) is 7.05 Å². The smallest absolute Gasteiger partial charge is 0.291 e. The fourth-order valence-corrected chi connectivity index (χ4v) is 1.79. The molecule has 0 aliphatic heterocycles. The quantitative estimate of drug-likeness (QED) is 0.708. The van der Waals surface area contributed by atoms with Crippen LogP contribution in [0.15, 0.2) is 28.0 Å². The van der Waals surface area contributed by atoms with Crippen molar-refractivity contribution in [1.29, 1.82) is 0 Å². The van der Waals surface area contributed by atoms with Crippen molar-refractivity contribution in [3.8, 4) is 0 Å². The van der Waals surface area contributed by atoms with E-state index in [0.29, 0.717) is 10.9 Å². The lowest BCUT2D eigenvalue weighted by atomic mass is 10.2. The summed E-state index contributed by atoms with van der Waals surface area (Å²) in [5.41, 5.74) is 0.0433. The molecule has 0 spiro atoms. The van der Waals surface area contributed by atoms with Gasteiger partial charge in [-0.15, -0.1) is 0 Å². The minimum atomic E-state index is -0.301. The Morgan fingerprint density at radius 2 is 2.00 bits per heavy atom. The van der Waals surface area contributed by atoms with Gasteiger partial charge < -0.3 is 0 Å². The first-order valence-electron chi connectivity index (χ1n) is 5.09. The Morgan fingerprint density at radius 1 is 1.31 bits per heavy atom. The van der Waals surface area contributed by atoms with Crippen LogP contribution >= 0.6 is 0 Å². The summed E-state index contributed by atoms with van der Waals surface area (Å²) in [5, 5.41) is 0.471. The zero-order chi connectivity index (χ0) is 11.9. The summed E-state index contributed by atoms with van der Waals surface area (Å²) in [6.07, 6.45) is 3.08. The van der Waals surface area contributed by atoms with Gasteiger partial charge in [-0.2, -0.15) is 0 Å². The Bertz CT molecular complexity index is 652. The third-order valence-corrected chi connectivity index (χ3v) is 2.60. The van der Waals surface area contributed by atoms with Crippen molar-refractivity contribution >= 4 is 10.9 Å². The van der Waals surface area contributed by atoms with Gasteiger partial charge in [0.15, 0.2) is 0 Å². The Balaban J connectivity index is 3.11. The summed E-state index contributed by atoms with van der Waals surface area (Å²) >= 11 is 0. The highest BCUT2D eigenvalue weighted by molar-refractivity contribution is 5.76. The van der Waals surface area contributed by atoms with Crippen molar-refractivity contribution in [1.82, 2.24) is 14.1 Å². The Labute approximate surface area is 92.0 Å². The molecular weight excluding hydrogens is 206 g/mol. The van der Waals surface area contributed by atoms with E-state index in [-0.39, 0.29) is 17.3 Å². The van der Waals surface area contributed by atoms with E-state index >= 15 is 0 Å². The van der Waals surface area contributed by atoms with Gasteiger partial charge in [0, 0.05) is 25.5 Å². The normalized spacial score (nSPS) is 11.2. The number of nitrogens with zero attached hydrogens (tertiary/aromatic N) is 3. The molecule has 16 heavy (non-hydrogen) atoms. The zero-order valence-electron chi connectivity index (χ0n) is 9.47. The zero-order valence-corrected chi connectivity index (χ0v) is 9.47. The van der Waals surface area contributed by atoms with Crippen molar-refractivity contribution < 1.29 is 0 Å². The topological polar surface area (TPSA) is 56.9 Å². The second kappa shape index (κ2) is 3.59. The molecule has 0 saturated heterocycles. The van der Waals surface area contributed by atoms with Gasteiger partial charge >= 0.3 is 5.69 Å². The minimum Gasteiger partial charge on any atom is -0.291 e. The molecule has 0 aliphatic rings. The molecule has 0 fully saturated rings. The Kier molecular flexibility index (Phi) is 2.38. The van der Waals surface area contributed by atoms with Gasteiger partial charge in [-0.05, 0) is 19.9 Å². The van der Waals surface area contributed by atoms with Crippen LogP contribution in [-0.4, -0.2) is 14.1 Å². The van der Waals surface area contributed by atoms with Gasteiger partial charge in [0.25, 0.3) is 5.56 Å². The third-order valence-electron chi connectivity index (χ3n) is 2.60. The molecule has 5 nitrogen and oxygen atoms in total. The molecule has 0 aromatic carbocycles. The van der Waals surface area contributed by atoms with Crippen LogP contribution in [0.25, 0.3) is 10.9 Å². The maximum atomic E-state index is 12.0. The maximum Gasteiger partial charge on any atom is 0.331 e. The van der Waals surface area contributed by atoms with Crippen LogP contribution in [0.4, 0.5) is 0 Å². The Hall–Kier alpha value is -1.91. The van der Waals surface area contributed by atoms with Crippen LogP contribution in [0.5, 0.6) is 0 Å². The van der Waals surface area contributed by atoms with Gasteiger partial charge in [0.05, 0.1) is 10.9 Å². The van der Waals surface area contributed by atoms with Crippen LogP contribution in [0.2, 0.25) is 0 Å². The molecule has 0 radical (unpaired) electrons. The van der Waals surface area contributed by atoms with Crippen LogP contribution < -0.4 is 11.2 Å². The summed E-state index contributed by atoms with van der Waals surface area (Å²) in [4.78, 5) is 27.7. The van der Waals surface area contributed by atoms with Crippen molar-refractivity contribution in [3.63, 3.8) is 0 Å². The Morgan fingerprint density at radius 3 is 2.62 bits per heavy atom. The SMILES string of the molecule is CC(C)n1c(=O)n(C)c(=O)c2cnccc21. The van der Waals surface area contributed by atoms with E-state index in [4.69, 9.17) is 0 Å². The number of pyridine rings is 1. The van der Waals surface area contributed by atoms with E-state index in [1.54, 1.807) is 16.8 Å². The molecule has 0 bridgehead atoms. The first-order chi connectivity index (χ1) is 7.54. The van der Waals surface area contributed by atoms with Gasteiger partial charge in [-0.25, -0.2) is 4.79 Å². The lowest BCUT2D eigenvalue weighted by Gasteiger charge is -2.14. The summed E-state index contributed by atoms with van der Waals surface area (Å²) < 4.78 is 2.71. The monoisotopic (exact) mass is 219 g/mol. The number of fused-ring (bicyclic) bond motifs is 1. The maximum absolute atomic E-state index is 12.0. The summed E-state index contributed by atoms with van der Waals surface area (Å²) in [6, 6.07) is 1.70. The van der Waals surface area contributed by atoms with Gasteiger partial charge in [0.2, 0.25) is 0 Å². The molecule has 5 heteroatoms. The number of hydrogen-bond donors (Lipinski definition) is 0. The molecule has 84 valence electrons. The number of rotatable bonds is 1. The lowest BCUT2D eigenvalue weighted by Crippen LogP contribution is -2.38. The highest BCUT2D eigenvalue weighted by Crippen LogP contribution is 2.10. The molecular formula is C11H13N3O2. The van der Waals surface area contributed by atoms with E-state index in [1.165, 1.54) is 13.2 Å². The average Bonchev–Trinajstić information content (AvgIpc) is 2.26. The fourth-order valence-electron chi connectivity index (χ4n) is 1.79. The molecule has 2 heterocycles. The van der Waals surface area contributed by atoms with E-state index < -0.39 is 0 Å². The van der Waals surface area contributed by atoms with E-state index in [1.807, 2.05) is 13.8 Å². The fraction of sp³-hybridized carbons (Fsp3) is 0.364. The summed E-state index contributed by atoms with van der Waals surface area (Å²) in [7, 11) is 1.48. The second-order valence-electron chi connectivity index (χ2n) is 4.00. The number of aromatic nitrogens is 3. The standard InChI is InChI=1S/C11H13N3O2/c1-7(2)14-9-4-5-12-6-8(9)10(15)13(3)11(14)16/h4-7H,1-3H3. The lowest BCUT2D eigenvalue weighted by molar-refractivity contribution is 0.556. The molecule has 0 saturated carbocycles. The van der Waals surface area contributed by atoms with Crippen molar-refractivity contribution in [3.05, 3.63) is 39.3 Å². The third kappa shape index (κ3) is 1.36. The highest BCUT2D eigenvalue weighted by Gasteiger charge is 2.12. The van der Waals surface area contributed by atoms with Crippen LogP contribution in [0.1, 0.15) is 19.9 Å². The van der Waals surface area contributed by atoms with Gasteiger partial charge in [-0.1, -0.05) is 0 Å². The van der Waals surface area contributed by atoms with E-state index in [0.717, 1.165) is 4.57 Å². The molecule has 2 aromatic rings. The minimum absolute atomic E-state index is 0.00389. The van der Waals surface area contributed by atoms with Crippen molar-refractivity contribution in [2.45, 2.75) is 19.9 Å². The van der Waals surface area contributed by atoms with Gasteiger partial charge in [-0.3, -0.25) is 18.9 Å². The van der Waals surface area contributed by atoms with Crippen LogP contribution in [0.3, 0.4) is 0 Å². The predicted molar refractivity (Wildman–Crippen MR) is 61.6 cm³/mol. The summed E-state index contributed by atoms with van der Waals surface area (Å²) in [5.74, 6) is 0. The van der Waals surface area contributed by atoms with E-state index in [9.17, 15) is 9.59 Å². The molecule has 0 atom stereocenters. The highest BCUT2D eigenvalue weighted by atomic mass is 16.2. The molecule has 0 unspecified atom stereocenters. The largest absolute Gasteiger partial charge is 0.331 e. The summed E-state index contributed by atoms with van der Waals surface area (Å²) in [6.45, 7) is 3.82. The van der Waals surface area contributed by atoms with Crippen LogP contribution in [-0.2, 0) is 7.05 Å². The van der Waals surface area contributed by atoms with E-state index in [2.05, 4.69) is 4.98 Å². The molecule has 2 aromatic heterocycles. The number of hydrogen-bond acceptors (Lipinski definition) is 3. The first-order valence-corrected chi connectivity index (χ1v) is 5.09. The predicted octanol–water partition coefficient (Wildman–Crippen LogP) is 0.676.